The quantitative estimate of drug-likeness (QED) is 0.857. The van der Waals surface area contributed by atoms with E-state index in [2.05, 4.69) is 22.2 Å². The van der Waals surface area contributed by atoms with Crippen LogP contribution >= 0.6 is 0 Å². The summed E-state index contributed by atoms with van der Waals surface area (Å²) in [6.07, 6.45) is 8.39. The minimum Gasteiger partial charge on any atom is -0.372 e. The molecule has 0 saturated carbocycles. The van der Waals surface area contributed by atoms with Gasteiger partial charge in [0, 0.05) is 57.9 Å². The molecule has 0 spiro atoms. The Balaban J connectivity index is 1.46. The topological polar surface area (TPSA) is 59.4 Å². The van der Waals surface area contributed by atoms with Crippen molar-refractivity contribution in [2.24, 2.45) is 13.0 Å². The molecule has 140 valence electrons. The number of hydrogen-bond acceptors (Lipinski definition) is 4. The molecule has 2 aliphatic heterocycles. The van der Waals surface area contributed by atoms with Crippen LogP contribution < -0.4 is 5.32 Å². The molecule has 1 N–H and O–H groups in total. The van der Waals surface area contributed by atoms with Gasteiger partial charge >= 0.3 is 0 Å². The molecule has 0 aromatic carbocycles. The van der Waals surface area contributed by atoms with Crippen molar-refractivity contribution in [3.63, 3.8) is 0 Å². The molecule has 0 unspecified atom stereocenters. The Morgan fingerprint density at radius 2 is 2.12 bits per heavy atom. The van der Waals surface area contributed by atoms with Crippen molar-refractivity contribution in [1.82, 2.24) is 20.0 Å². The number of hydrogen-bond donors (Lipinski definition) is 1. The van der Waals surface area contributed by atoms with Gasteiger partial charge in [-0.1, -0.05) is 12.8 Å². The summed E-state index contributed by atoms with van der Waals surface area (Å²) in [4.78, 5) is 14.6. The van der Waals surface area contributed by atoms with E-state index in [-0.39, 0.29) is 12.1 Å². The molecular formula is C19H32N4O2. The lowest BCUT2D eigenvalue weighted by molar-refractivity contribution is -0.131. The van der Waals surface area contributed by atoms with Gasteiger partial charge < -0.3 is 15.0 Å². The first kappa shape index (κ1) is 18.4. The zero-order chi connectivity index (χ0) is 17.6. The van der Waals surface area contributed by atoms with Crippen LogP contribution in [0.4, 0.5) is 0 Å². The maximum Gasteiger partial charge on any atom is 0.224 e. The van der Waals surface area contributed by atoms with Crippen molar-refractivity contribution in [3.8, 4) is 0 Å². The van der Waals surface area contributed by atoms with Crippen LogP contribution in [0.5, 0.6) is 0 Å². The van der Waals surface area contributed by atoms with Crippen LogP contribution in [0.3, 0.4) is 0 Å². The number of rotatable bonds is 6. The number of carbonyl (C=O) groups excluding carboxylic acids is 1. The average molecular weight is 348 g/mol. The van der Waals surface area contributed by atoms with Gasteiger partial charge in [0.2, 0.25) is 5.91 Å². The average Bonchev–Trinajstić information content (AvgIpc) is 3.12. The number of aromatic nitrogens is 2. The van der Waals surface area contributed by atoms with Gasteiger partial charge in [0.05, 0.1) is 5.69 Å². The number of carbonyl (C=O) groups is 1. The zero-order valence-electron chi connectivity index (χ0n) is 15.6. The number of amides is 1. The first-order valence-electron chi connectivity index (χ1n) is 9.76. The van der Waals surface area contributed by atoms with E-state index in [1.54, 1.807) is 0 Å². The molecule has 2 aliphatic rings. The van der Waals surface area contributed by atoms with Gasteiger partial charge in [-0.15, -0.1) is 0 Å². The molecular weight excluding hydrogens is 316 g/mol. The van der Waals surface area contributed by atoms with E-state index in [1.807, 2.05) is 24.0 Å². The minimum atomic E-state index is 0.105. The molecule has 2 fully saturated rings. The number of ether oxygens (including phenoxy) is 1. The largest absolute Gasteiger partial charge is 0.372 e. The lowest BCUT2D eigenvalue weighted by Gasteiger charge is -2.24. The van der Waals surface area contributed by atoms with E-state index in [0.29, 0.717) is 18.2 Å². The normalized spacial score (nSPS) is 25.8. The zero-order valence-corrected chi connectivity index (χ0v) is 15.6. The molecule has 1 amide bonds. The fourth-order valence-electron chi connectivity index (χ4n) is 3.97. The van der Waals surface area contributed by atoms with Crippen molar-refractivity contribution >= 4 is 5.91 Å². The second-order valence-electron chi connectivity index (χ2n) is 7.53. The summed E-state index contributed by atoms with van der Waals surface area (Å²) in [7, 11) is 1.96. The summed E-state index contributed by atoms with van der Waals surface area (Å²) < 4.78 is 7.84. The van der Waals surface area contributed by atoms with E-state index >= 15 is 0 Å². The van der Waals surface area contributed by atoms with Crippen molar-refractivity contribution in [3.05, 3.63) is 18.0 Å². The third-order valence-electron chi connectivity index (χ3n) is 5.53. The van der Waals surface area contributed by atoms with Crippen LogP contribution in [-0.2, 0) is 16.6 Å². The van der Waals surface area contributed by atoms with Crippen molar-refractivity contribution < 1.29 is 9.53 Å². The maximum atomic E-state index is 12.5. The Kier molecular flexibility index (Phi) is 6.48. The van der Waals surface area contributed by atoms with Gasteiger partial charge in [-0.3, -0.25) is 9.48 Å². The van der Waals surface area contributed by atoms with Crippen LogP contribution in [0.1, 0.15) is 57.2 Å². The molecule has 6 nitrogen and oxygen atoms in total. The standard InChI is InChI=1S/C19H32N4O2/c1-15(13-18(24)23-10-5-3-4-6-11-23)20-14-16-8-12-25-19(16)17-7-9-21-22(17)2/h7,9,15-16,19-20H,3-6,8,10-14H2,1-2H3/t15-,16+,19-/m1/s1. The molecule has 0 bridgehead atoms. The molecule has 0 radical (unpaired) electrons. The summed E-state index contributed by atoms with van der Waals surface area (Å²) >= 11 is 0. The molecule has 2 saturated heterocycles. The van der Waals surface area contributed by atoms with Gasteiger partial charge in [-0.25, -0.2) is 0 Å². The van der Waals surface area contributed by atoms with E-state index in [1.165, 1.54) is 12.8 Å². The molecule has 3 heterocycles. The Morgan fingerprint density at radius 3 is 2.80 bits per heavy atom. The molecule has 6 heteroatoms. The van der Waals surface area contributed by atoms with Gasteiger partial charge in [0.15, 0.2) is 0 Å². The highest BCUT2D eigenvalue weighted by Crippen LogP contribution is 2.33. The van der Waals surface area contributed by atoms with Crippen molar-refractivity contribution in [2.75, 3.05) is 26.2 Å². The van der Waals surface area contributed by atoms with Crippen LogP contribution in [0.2, 0.25) is 0 Å². The highest BCUT2D eigenvalue weighted by Gasteiger charge is 2.31. The van der Waals surface area contributed by atoms with E-state index in [9.17, 15) is 4.79 Å². The lowest BCUT2D eigenvalue weighted by Crippen LogP contribution is -2.39. The van der Waals surface area contributed by atoms with E-state index in [4.69, 9.17) is 4.74 Å². The molecule has 1 aromatic rings. The summed E-state index contributed by atoms with van der Waals surface area (Å²) in [6.45, 7) is 5.66. The van der Waals surface area contributed by atoms with Crippen LogP contribution in [0.15, 0.2) is 12.3 Å². The SMILES string of the molecule is C[C@H](CC(=O)N1CCCCCC1)NC[C@@H]1CCO[C@H]1c1ccnn1C. The van der Waals surface area contributed by atoms with Crippen LogP contribution in [0, 0.1) is 5.92 Å². The third kappa shape index (κ3) is 4.82. The number of nitrogens with zero attached hydrogens (tertiary/aromatic N) is 3. The summed E-state index contributed by atoms with van der Waals surface area (Å²) in [5, 5.41) is 7.82. The lowest BCUT2D eigenvalue weighted by atomic mass is 9.98. The van der Waals surface area contributed by atoms with Crippen LogP contribution in [-0.4, -0.2) is 52.9 Å². The number of nitrogens with one attached hydrogen (secondary N) is 1. The second-order valence-corrected chi connectivity index (χ2v) is 7.53. The smallest absolute Gasteiger partial charge is 0.224 e. The Hall–Kier alpha value is -1.40. The Bertz CT molecular complexity index is 551. The maximum absolute atomic E-state index is 12.5. The van der Waals surface area contributed by atoms with Crippen molar-refractivity contribution in [1.29, 1.82) is 0 Å². The molecule has 0 aliphatic carbocycles. The molecule has 3 atom stereocenters. The van der Waals surface area contributed by atoms with Gasteiger partial charge in [-0.2, -0.15) is 5.10 Å². The predicted octanol–water partition coefficient (Wildman–Crippen LogP) is 2.27. The fraction of sp³-hybridized carbons (Fsp3) is 0.789. The fourth-order valence-corrected chi connectivity index (χ4v) is 3.97. The highest BCUT2D eigenvalue weighted by molar-refractivity contribution is 5.76. The summed E-state index contributed by atoms with van der Waals surface area (Å²) in [5.41, 5.74) is 1.14. The van der Waals surface area contributed by atoms with E-state index < -0.39 is 0 Å². The first-order chi connectivity index (χ1) is 12.1. The van der Waals surface area contributed by atoms with Gasteiger partial charge in [0.1, 0.15) is 6.10 Å². The monoisotopic (exact) mass is 348 g/mol. The van der Waals surface area contributed by atoms with E-state index in [0.717, 1.165) is 51.2 Å². The Labute approximate surface area is 150 Å². The number of aryl methyl sites for hydroxylation is 1. The van der Waals surface area contributed by atoms with Gasteiger partial charge in [0.25, 0.3) is 0 Å². The second kappa shape index (κ2) is 8.81. The highest BCUT2D eigenvalue weighted by atomic mass is 16.5. The van der Waals surface area contributed by atoms with Gasteiger partial charge in [-0.05, 0) is 32.3 Å². The summed E-state index contributed by atoms with van der Waals surface area (Å²) in [6, 6.07) is 2.23. The minimum absolute atomic E-state index is 0.105. The van der Waals surface area contributed by atoms with Crippen molar-refractivity contribution in [2.45, 2.75) is 57.6 Å². The molecule has 25 heavy (non-hydrogen) atoms. The molecule has 1 aromatic heterocycles. The van der Waals surface area contributed by atoms with Crippen LogP contribution in [0.25, 0.3) is 0 Å². The number of likely N-dealkylation sites (tertiary alicyclic amines) is 1. The third-order valence-corrected chi connectivity index (χ3v) is 5.53. The Morgan fingerprint density at radius 1 is 1.36 bits per heavy atom. The first-order valence-corrected chi connectivity index (χ1v) is 9.76. The molecule has 3 rings (SSSR count). The predicted molar refractivity (Wildman–Crippen MR) is 97.1 cm³/mol. The summed E-state index contributed by atoms with van der Waals surface area (Å²) in [5.74, 6) is 0.735.